The predicted molar refractivity (Wildman–Crippen MR) is 96.5 cm³/mol. The molecule has 1 aliphatic heterocycles. The van der Waals surface area contributed by atoms with E-state index >= 15 is 0 Å². The third-order valence-electron chi connectivity index (χ3n) is 4.74. The minimum Gasteiger partial charge on any atom is -0.358 e. The zero-order valence-corrected chi connectivity index (χ0v) is 15.2. The molecule has 144 valence electrons. The maximum absolute atomic E-state index is 13.0. The van der Waals surface area contributed by atoms with Crippen LogP contribution in [0.4, 0.5) is 10.2 Å². The number of carbonyl (C=O) groups is 1. The van der Waals surface area contributed by atoms with Crippen LogP contribution in [0, 0.1) is 22.9 Å². The van der Waals surface area contributed by atoms with E-state index in [4.69, 9.17) is 0 Å². The Morgan fingerprint density at radius 1 is 1.22 bits per heavy atom. The van der Waals surface area contributed by atoms with Crippen LogP contribution in [0.15, 0.2) is 30.3 Å². The molecule has 0 spiro atoms. The molecule has 2 aromatic rings. The number of amides is 1. The number of aromatic nitrogens is 2. The SMILES string of the molecule is Cc1cc([N+](=O)[O-])nn1CCC(=O)N1CCN(Cc2ccc(F)cc2)CC1. The van der Waals surface area contributed by atoms with Crippen molar-refractivity contribution in [3.63, 3.8) is 0 Å². The highest BCUT2D eigenvalue weighted by molar-refractivity contribution is 5.76. The average molecular weight is 375 g/mol. The lowest BCUT2D eigenvalue weighted by atomic mass is 10.2. The molecule has 27 heavy (non-hydrogen) atoms. The Bertz CT molecular complexity index is 813. The van der Waals surface area contributed by atoms with Crippen LogP contribution in [0.1, 0.15) is 17.7 Å². The number of nitrogens with zero attached hydrogens (tertiary/aromatic N) is 5. The lowest BCUT2D eigenvalue weighted by Crippen LogP contribution is -2.48. The van der Waals surface area contributed by atoms with Crippen molar-refractivity contribution in [2.24, 2.45) is 0 Å². The summed E-state index contributed by atoms with van der Waals surface area (Å²) in [5.74, 6) is -0.421. The normalized spacial score (nSPS) is 15.1. The van der Waals surface area contributed by atoms with Gasteiger partial charge in [0.2, 0.25) is 5.91 Å². The van der Waals surface area contributed by atoms with Gasteiger partial charge in [0.25, 0.3) is 0 Å². The van der Waals surface area contributed by atoms with E-state index in [2.05, 4.69) is 10.00 Å². The zero-order valence-electron chi connectivity index (χ0n) is 15.2. The minimum absolute atomic E-state index is 0.0222. The molecule has 0 unspecified atom stereocenters. The molecule has 2 heterocycles. The number of carbonyl (C=O) groups excluding carboxylic acids is 1. The fourth-order valence-corrected chi connectivity index (χ4v) is 3.17. The number of nitro groups is 1. The second-order valence-corrected chi connectivity index (χ2v) is 6.66. The van der Waals surface area contributed by atoms with Gasteiger partial charge < -0.3 is 15.0 Å². The summed E-state index contributed by atoms with van der Waals surface area (Å²) in [6, 6.07) is 7.86. The summed E-state index contributed by atoms with van der Waals surface area (Å²) in [5, 5.41) is 14.7. The summed E-state index contributed by atoms with van der Waals surface area (Å²) < 4.78 is 14.5. The number of aryl methyl sites for hydroxylation is 2. The van der Waals surface area contributed by atoms with Gasteiger partial charge in [0.15, 0.2) is 0 Å². The van der Waals surface area contributed by atoms with E-state index in [1.54, 1.807) is 19.1 Å². The number of rotatable bonds is 6. The van der Waals surface area contributed by atoms with Crippen LogP contribution >= 0.6 is 0 Å². The summed E-state index contributed by atoms with van der Waals surface area (Å²) in [4.78, 5) is 26.7. The van der Waals surface area contributed by atoms with Crippen LogP contribution in [-0.2, 0) is 17.9 Å². The molecule has 0 atom stereocenters. The zero-order chi connectivity index (χ0) is 19.4. The van der Waals surface area contributed by atoms with Crippen molar-refractivity contribution in [3.05, 3.63) is 57.5 Å². The van der Waals surface area contributed by atoms with Gasteiger partial charge >= 0.3 is 5.82 Å². The minimum atomic E-state index is -0.536. The predicted octanol–water partition coefficient (Wildman–Crippen LogP) is 1.97. The highest BCUT2D eigenvalue weighted by atomic mass is 19.1. The fraction of sp³-hybridized carbons (Fsp3) is 0.444. The molecule has 9 heteroatoms. The highest BCUT2D eigenvalue weighted by Gasteiger charge is 2.22. The van der Waals surface area contributed by atoms with Gasteiger partial charge in [-0.05, 0) is 29.5 Å². The Kier molecular flexibility index (Phi) is 5.80. The fourth-order valence-electron chi connectivity index (χ4n) is 3.17. The van der Waals surface area contributed by atoms with E-state index in [0.717, 1.165) is 25.2 Å². The van der Waals surface area contributed by atoms with Gasteiger partial charge in [0.05, 0.1) is 23.4 Å². The molecule has 3 rings (SSSR count). The molecular formula is C18H22FN5O3. The summed E-state index contributed by atoms with van der Waals surface area (Å²) in [6.45, 7) is 5.59. The lowest BCUT2D eigenvalue weighted by molar-refractivity contribution is -0.389. The van der Waals surface area contributed by atoms with Crippen LogP contribution in [0.5, 0.6) is 0 Å². The van der Waals surface area contributed by atoms with Gasteiger partial charge in [-0.25, -0.2) is 4.39 Å². The second-order valence-electron chi connectivity index (χ2n) is 6.66. The molecule has 1 aromatic carbocycles. The first-order chi connectivity index (χ1) is 12.9. The molecular weight excluding hydrogens is 353 g/mol. The number of halogens is 1. The maximum Gasteiger partial charge on any atom is 0.390 e. The van der Waals surface area contributed by atoms with Gasteiger partial charge in [-0.3, -0.25) is 9.69 Å². The van der Waals surface area contributed by atoms with E-state index in [9.17, 15) is 19.3 Å². The molecule has 1 aromatic heterocycles. The monoisotopic (exact) mass is 375 g/mol. The van der Waals surface area contributed by atoms with Crippen LogP contribution in [0.2, 0.25) is 0 Å². The number of benzene rings is 1. The van der Waals surface area contributed by atoms with E-state index in [-0.39, 0.29) is 24.0 Å². The first kappa shape index (κ1) is 19.0. The molecule has 1 amide bonds. The van der Waals surface area contributed by atoms with E-state index in [1.165, 1.54) is 22.9 Å². The van der Waals surface area contributed by atoms with Crippen LogP contribution in [-0.4, -0.2) is 56.6 Å². The van der Waals surface area contributed by atoms with Crippen molar-refractivity contribution in [3.8, 4) is 0 Å². The number of piperazine rings is 1. The number of hydrogen-bond acceptors (Lipinski definition) is 5. The van der Waals surface area contributed by atoms with E-state index in [0.29, 0.717) is 25.3 Å². The molecule has 0 radical (unpaired) electrons. The van der Waals surface area contributed by atoms with Crippen molar-refractivity contribution < 1.29 is 14.1 Å². The highest BCUT2D eigenvalue weighted by Crippen LogP contribution is 2.13. The number of hydrogen-bond donors (Lipinski definition) is 0. The Balaban J connectivity index is 1.45. The van der Waals surface area contributed by atoms with Crippen molar-refractivity contribution in [1.29, 1.82) is 0 Å². The quantitative estimate of drug-likeness (QED) is 0.569. The van der Waals surface area contributed by atoms with Crippen molar-refractivity contribution in [2.45, 2.75) is 26.4 Å². The third-order valence-corrected chi connectivity index (χ3v) is 4.74. The molecule has 0 saturated carbocycles. The van der Waals surface area contributed by atoms with Gasteiger partial charge in [0, 0.05) is 39.1 Å². The molecule has 1 aliphatic rings. The second kappa shape index (κ2) is 8.26. The molecule has 0 aliphatic carbocycles. The van der Waals surface area contributed by atoms with E-state index in [1.807, 2.05) is 4.90 Å². The van der Waals surface area contributed by atoms with Gasteiger partial charge in [-0.1, -0.05) is 12.1 Å². The van der Waals surface area contributed by atoms with E-state index < -0.39 is 4.92 Å². The van der Waals surface area contributed by atoms with Crippen LogP contribution < -0.4 is 0 Å². The molecule has 0 N–H and O–H groups in total. The summed E-state index contributed by atoms with van der Waals surface area (Å²) in [5.41, 5.74) is 1.71. The van der Waals surface area contributed by atoms with Gasteiger partial charge in [-0.15, -0.1) is 0 Å². The standard InChI is InChI=1S/C18H22FN5O3/c1-14-12-17(24(26)27)20-23(14)7-6-18(25)22-10-8-21(9-11-22)13-15-2-4-16(19)5-3-15/h2-5,12H,6-11,13H2,1H3. The van der Waals surface area contributed by atoms with Crippen molar-refractivity contribution >= 4 is 11.7 Å². The maximum atomic E-state index is 13.0. The van der Waals surface area contributed by atoms with Crippen molar-refractivity contribution in [2.75, 3.05) is 26.2 Å². The Morgan fingerprint density at radius 2 is 1.89 bits per heavy atom. The summed E-state index contributed by atoms with van der Waals surface area (Å²) in [7, 11) is 0. The Labute approximate surface area is 156 Å². The first-order valence-corrected chi connectivity index (χ1v) is 8.86. The van der Waals surface area contributed by atoms with Gasteiger partial charge in [-0.2, -0.15) is 4.68 Å². The smallest absolute Gasteiger partial charge is 0.358 e. The third kappa shape index (κ3) is 4.88. The Morgan fingerprint density at radius 3 is 2.48 bits per heavy atom. The largest absolute Gasteiger partial charge is 0.390 e. The average Bonchev–Trinajstić information content (AvgIpc) is 3.03. The first-order valence-electron chi connectivity index (χ1n) is 8.86. The molecule has 1 fully saturated rings. The summed E-state index contributed by atoms with van der Waals surface area (Å²) in [6.07, 6.45) is 0.262. The van der Waals surface area contributed by atoms with Gasteiger partial charge in [0.1, 0.15) is 5.82 Å². The summed E-state index contributed by atoms with van der Waals surface area (Å²) >= 11 is 0. The molecule has 8 nitrogen and oxygen atoms in total. The van der Waals surface area contributed by atoms with Crippen LogP contribution in [0.3, 0.4) is 0 Å². The topological polar surface area (TPSA) is 84.5 Å². The molecule has 1 saturated heterocycles. The molecule has 0 bridgehead atoms. The van der Waals surface area contributed by atoms with Crippen LogP contribution in [0.25, 0.3) is 0 Å². The Hall–Kier alpha value is -2.81. The lowest BCUT2D eigenvalue weighted by Gasteiger charge is -2.34. The van der Waals surface area contributed by atoms with Crippen molar-refractivity contribution in [1.82, 2.24) is 19.6 Å².